The second-order valence-corrected chi connectivity index (χ2v) is 8.10. The first kappa shape index (κ1) is 24.1. The van der Waals surface area contributed by atoms with Gasteiger partial charge < -0.3 is 24.8 Å². The molecule has 0 spiro atoms. The smallest absolute Gasteiger partial charge is 0.421 e. The molecule has 11 heteroatoms. The van der Waals surface area contributed by atoms with Crippen molar-refractivity contribution in [3.05, 3.63) is 53.8 Å². The second kappa shape index (κ2) is 9.67. The number of hydrogen-bond acceptors (Lipinski definition) is 5. The van der Waals surface area contributed by atoms with Gasteiger partial charge in [-0.15, -0.1) is 0 Å². The number of hydrogen-bond donors (Lipinski definition) is 3. The molecule has 0 bridgehead atoms. The SMILES string of the molecule is COc1ccc(NC(=O)NC2CCCNC2Oc2ccccc2C2(C(F)(F)F)CCO2)c(F)c1. The Kier molecular flexibility index (Phi) is 6.85. The number of nitrogens with one attached hydrogen (secondary N) is 3. The second-order valence-electron chi connectivity index (χ2n) is 8.10. The monoisotopic (exact) mass is 483 g/mol. The van der Waals surface area contributed by atoms with E-state index < -0.39 is 35.9 Å². The highest BCUT2D eigenvalue weighted by atomic mass is 19.4. The van der Waals surface area contributed by atoms with E-state index in [1.807, 2.05) is 0 Å². The highest BCUT2D eigenvalue weighted by Crippen LogP contribution is 2.52. The number of carbonyl (C=O) groups is 1. The number of ether oxygens (including phenoxy) is 3. The average Bonchev–Trinajstić information content (AvgIpc) is 2.76. The van der Waals surface area contributed by atoms with Gasteiger partial charge in [-0.1, -0.05) is 18.2 Å². The predicted octanol–water partition coefficient (Wildman–Crippen LogP) is 4.29. The number of halogens is 4. The van der Waals surface area contributed by atoms with Crippen molar-refractivity contribution in [2.45, 2.75) is 43.3 Å². The number of piperidine rings is 1. The van der Waals surface area contributed by atoms with Crippen LogP contribution in [0, 0.1) is 5.82 Å². The number of amides is 2. The maximum atomic E-state index is 14.2. The van der Waals surface area contributed by atoms with E-state index in [4.69, 9.17) is 14.2 Å². The molecule has 0 saturated carbocycles. The molecule has 184 valence electrons. The van der Waals surface area contributed by atoms with Gasteiger partial charge in [0.1, 0.15) is 17.3 Å². The molecule has 2 fully saturated rings. The van der Waals surface area contributed by atoms with Gasteiger partial charge in [-0.05, 0) is 37.6 Å². The van der Waals surface area contributed by atoms with Crippen LogP contribution in [0.25, 0.3) is 0 Å². The van der Waals surface area contributed by atoms with E-state index in [0.717, 1.165) is 6.07 Å². The lowest BCUT2D eigenvalue weighted by Gasteiger charge is -2.44. The molecule has 2 aromatic carbocycles. The zero-order valence-corrected chi connectivity index (χ0v) is 18.4. The Hall–Kier alpha value is -3.05. The van der Waals surface area contributed by atoms with Crippen LogP contribution in [-0.2, 0) is 10.3 Å². The molecule has 2 saturated heterocycles. The van der Waals surface area contributed by atoms with Crippen molar-refractivity contribution in [1.29, 1.82) is 0 Å². The number of para-hydroxylation sites is 1. The number of carbonyl (C=O) groups excluding carboxylic acids is 1. The first-order valence-corrected chi connectivity index (χ1v) is 10.8. The van der Waals surface area contributed by atoms with Crippen molar-refractivity contribution < 1.29 is 36.6 Å². The molecule has 3 N–H and O–H groups in total. The van der Waals surface area contributed by atoms with Crippen molar-refractivity contribution in [2.24, 2.45) is 0 Å². The van der Waals surface area contributed by atoms with Gasteiger partial charge in [0.15, 0.2) is 11.8 Å². The van der Waals surface area contributed by atoms with Gasteiger partial charge >= 0.3 is 12.2 Å². The molecule has 3 unspecified atom stereocenters. The van der Waals surface area contributed by atoms with Gasteiger partial charge in [0.25, 0.3) is 0 Å². The summed E-state index contributed by atoms with van der Waals surface area (Å²) in [5.74, 6) is -0.345. The van der Waals surface area contributed by atoms with Crippen LogP contribution in [0.15, 0.2) is 42.5 Å². The molecule has 0 aliphatic carbocycles. The van der Waals surface area contributed by atoms with Crippen LogP contribution < -0.4 is 25.4 Å². The summed E-state index contributed by atoms with van der Waals surface area (Å²) in [6.45, 7) is 0.558. The number of benzene rings is 2. The van der Waals surface area contributed by atoms with Gasteiger partial charge in [-0.25, -0.2) is 9.18 Å². The lowest BCUT2D eigenvalue weighted by molar-refractivity contribution is -0.334. The highest BCUT2D eigenvalue weighted by Gasteiger charge is 2.62. The van der Waals surface area contributed by atoms with Crippen molar-refractivity contribution in [1.82, 2.24) is 10.6 Å². The van der Waals surface area contributed by atoms with Crippen LogP contribution in [-0.4, -0.2) is 44.7 Å². The predicted molar refractivity (Wildman–Crippen MR) is 115 cm³/mol. The van der Waals surface area contributed by atoms with Crippen LogP contribution in [0.2, 0.25) is 0 Å². The molecule has 7 nitrogen and oxygen atoms in total. The topological polar surface area (TPSA) is 80.9 Å². The lowest BCUT2D eigenvalue weighted by atomic mass is 9.85. The molecule has 3 atom stereocenters. The Morgan fingerprint density at radius 1 is 1.24 bits per heavy atom. The van der Waals surface area contributed by atoms with E-state index >= 15 is 0 Å². The molecule has 2 amide bonds. The molecule has 2 aliphatic heterocycles. The van der Waals surface area contributed by atoms with Crippen molar-refractivity contribution >= 4 is 11.7 Å². The average molecular weight is 483 g/mol. The van der Waals surface area contributed by atoms with E-state index in [1.165, 1.54) is 37.4 Å². The van der Waals surface area contributed by atoms with E-state index in [0.29, 0.717) is 25.1 Å². The van der Waals surface area contributed by atoms with Crippen LogP contribution >= 0.6 is 0 Å². The molecule has 34 heavy (non-hydrogen) atoms. The summed E-state index contributed by atoms with van der Waals surface area (Å²) in [4.78, 5) is 12.5. The minimum atomic E-state index is -4.61. The fourth-order valence-corrected chi connectivity index (χ4v) is 4.12. The van der Waals surface area contributed by atoms with Crippen molar-refractivity contribution in [3.63, 3.8) is 0 Å². The third-order valence-corrected chi connectivity index (χ3v) is 5.98. The molecular formula is C23H25F4N3O4. The maximum absolute atomic E-state index is 14.2. The van der Waals surface area contributed by atoms with Gasteiger partial charge in [0.2, 0.25) is 0 Å². The van der Waals surface area contributed by atoms with Gasteiger partial charge in [-0.2, -0.15) is 13.2 Å². The van der Waals surface area contributed by atoms with Gasteiger partial charge in [-0.3, -0.25) is 5.32 Å². The molecular weight excluding hydrogens is 458 g/mol. The number of rotatable bonds is 6. The minimum absolute atomic E-state index is 0.00178. The normalized spacial score (nSPS) is 24.6. The molecule has 0 aromatic heterocycles. The highest BCUT2D eigenvalue weighted by molar-refractivity contribution is 5.89. The molecule has 0 radical (unpaired) electrons. The number of alkyl halides is 3. The summed E-state index contributed by atoms with van der Waals surface area (Å²) in [6.07, 6.45) is -4.39. The fourth-order valence-electron chi connectivity index (χ4n) is 4.12. The minimum Gasteiger partial charge on any atom is -0.497 e. The fraction of sp³-hybridized carbons (Fsp3) is 0.435. The molecule has 2 heterocycles. The Morgan fingerprint density at radius 3 is 2.65 bits per heavy atom. The number of methoxy groups -OCH3 is 1. The van der Waals surface area contributed by atoms with E-state index in [2.05, 4.69) is 16.0 Å². The lowest BCUT2D eigenvalue weighted by Crippen LogP contribution is -2.57. The van der Waals surface area contributed by atoms with Crippen LogP contribution in [0.5, 0.6) is 11.5 Å². The van der Waals surface area contributed by atoms with E-state index in [9.17, 15) is 22.4 Å². The summed E-state index contributed by atoms with van der Waals surface area (Å²) >= 11 is 0. The third kappa shape index (κ3) is 4.76. The first-order chi connectivity index (χ1) is 16.2. The zero-order chi connectivity index (χ0) is 24.3. The quantitative estimate of drug-likeness (QED) is 0.535. The molecule has 2 aromatic rings. The molecule has 2 aliphatic rings. The van der Waals surface area contributed by atoms with Crippen LogP contribution in [0.3, 0.4) is 0 Å². The standard InChI is InChI=1S/C23H25F4N3O4/c1-32-14-8-9-17(16(24)13-14)29-21(31)30-18-6-4-11-28-20(18)34-19-7-3-2-5-15(19)22(10-12-33-22)23(25,26)27/h2-3,5,7-9,13,18,20,28H,4,6,10-12H2,1H3,(H2,29,30,31). The first-order valence-electron chi connectivity index (χ1n) is 10.8. The largest absolute Gasteiger partial charge is 0.497 e. The molecule has 4 rings (SSSR count). The number of anilines is 1. The van der Waals surface area contributed by atoms with Crippen molar-refractivity contribution in [3.8, 4) is 11.5 Å². The summed E-state index contributed by atoms with van der Waals surface area (Å²) in [6, 6.07) is 8.62. The Morgan fingerprint density at radius 2 is 2.00 bits per heavy atom. The van der Waals surface area contributed by atoms with E-state index in [1.54, 1.807) is 6.07 Å². The zero-order valence-electron chi connectivity index (χ0n) is 18.4. The Balaban J connectivity index is 1.48. The Labute approximate surface area is 193 Å². The van der Waals surface area contributed by atoms with Crippen molar-refractivity contribution in [2.75, 3.05) is 25.6 Å². The summed E-state index contributed by atoms with van der Waals surface area (Å²) in [7, 11) is 1.40. The van der Waals surface area contributed by atoms with E-state index in [-0.39, 0.29) is 30.0 Å². The van der Waals surface area contributed by atoms with Gasteiger partial charge in [0.05, 0.1) is 25.4 Å². The third-order valence-electron chi connectivity index (χ3n) is 5.98. The van der Waals surface area contributed by atoms with Crippen LogP contribution in [0.1, 0.15) is 24.8 Å². The Bertz CT molecular complexity index is 1030. The van der Waals surface area contributed by atoms with Crippen LogP contribution in [0.4, 0.5) is 28.0 Å². The summed E-state index contributed by atoms with van der Waals surface area (Å²) < 4.78 is 71.6. The summed E-state index contributed by atoms with van der Waals surface area (Å²) in [5.41, 5.74) is -2.56. The number of urea groups is 1. The van der Waals surface area contributed by atoms with Gasteiger partial charge in [0, 0.05) is 18.1 Å². The maximum Gasteiger partial charge on any atom is 0.421 e. The summed E-state index contributed by atoms with van der Waals surface area (Å²) in [5, 5.41) is 8.24.